The maximum Gasteiger partial charge on any atom is 0.135 e. The summed E-state index contributed by atoms with van der Waals surface area (Å²) in [4.78, 5) is 15.1. The summed E-state index contributed by atoms with van der Waals surface area (Å²) in [5.74, 6) is 0.203. The first kappa shape index (κ1) is 12.6. The third-order valence-electron chi connectivity index (χ3n) is 1.75. The van der Waals surface area contributed by atoms with Crippen LogP contribution in [0.4, 0.5) is 0 Å². The first-order valence-electron chi connectivity index (χ1n) is 4.80. The van der Waals surface area contributed by atoms with Crippen LogP contribution in [0.3, 0.4) is 0 Å². The third kappa shape index (κ3) is 9.47. The predicted octanol–water partition coefficient (Wildman–Crippen LogP) is 2.76. The number of rotatable bonds is 5. The summed E-state index contributed by atoms with van der Waals surface area (Å²) in [6.45, 7) is 11.5. The van der Waals surface area contributed by atoms with E-state index in [2.05, 4.69) is 24.6 Å². The van der Waals surface area contributed by atoms with Gasteiger partial charge in [0.05, 0.1) is 0 Å². The Morgan fingerprint density at radius 2 is 1.77 bits per heavy atom. The van der Waals surface area contributed by atoms with Gasteiger partial charge in [-0.15, -0.1) is 0 Å². The minimum Gasteiger partial charge on any atom is -0.300 e. The minimum atomic E-state index is -0.956. The molecular weight excluding hydrogens is 178 g/mol. The molecule has 0 fully saturated rings. The maximum atomic E-state index is 10.7. The van der Waals surface area contributed by atoms with Gasteiger partial charge in [-0.05, 0) is 19.9 Å². The Balaban J connectivity index is 3.78. The average Bonchev–Trinajstić information content (AvgIpc) is 1.81. The molecule has 0 amide bonds. The molecule has 0 radical (unpaired) electrons. The van der Waals surface area contributed by atoms with Gasteiger partial charge in [0, 0.05) is 26.8 Å². The number of hydrogen-bond acceptors (Lipinski definition) is 2. The topological polar surface area (TPSA) is 29.4 Å². The zero-order chi connectivity index (χ0) is 10.5. The van der Waals surface area contributed by atoms with Crippen molar-refractivity contribution < 1.29 is 4.79 Å². The van der Waals surface area contributed by atoms with Gasteiger partial charge in [-0.2, -0.15) is 0 Å². The predicted molar refractivity (Wildman–Crippen MR) is 61.4 cm³/mol. The summed E-state index contributed by atoms with van der Waals surface area (Å²) < 4.78 is 0. The van der Waals surface area contributed by atoms with E-state index in [9.17, 15) is 4.79 Å². The monoisotopic (exact) mass is 199 g/mol. The van der Waals surface area contributed by atoms with Gasteiger partial charge in [-0.25, -0.2) is 0 Å². The summed E-state index contributed by atoms with van der Waals surface area (Å²) in [5.41, 5.74) is 0.978. The van der Waals surface area contributed by atoms with Gasteiger partial charge in [0.15, 0.2) is 0 Å². The van der Waals surface area contributed by atoms with E-state index in [0.29, 0.717) is 6.42 Å². The van der Waals surface area contributed by atoms with Crippen molar-refractivity contribution in [1.29, 1.82) is 0 Å². The van der Waals surface area contributed by atoms with Gasteiger partial charge in [-0.1, -0.05) is 19.6 Å². The molecule has 0 unspecified atom stereocenters. The highest BCUT2D eigenvalue weighted by Crippen LogP contribution is 2.07. The SMILES string of the molecule is CC(=O)CC(C)=NCC[Si](C)(C)C. The molecule has 2 nitrogen and oxygen atoms in total. The molecule has 0 aliphatic heterocycles. The Morgan fingerprint density at radius 1 is 1.23 bits per heavy atom. The summed E-state index contributed by atoms with van der Waals surface area (Å²) in [6, 6.07) is 1.21. The van der Waals surface area contributed by atoms with E-state index in [0.717, 1.165) is 12.3 Å². The fourth-order valence-electron chi connectivity index (χ4n) is 0.998. The Bertz CT molecular complexity index is 203. The summed E-state index contributed by atoms with van der Waals surface area (Å²) in [7, 11) is -0.956. The Labute approximate surface area is 82.5 Å². The maximum absolute atomic E-state index is 10.7. The van der Waals surface area contributed by atoms with Crippen LogP contribution in [-0.2, 0) is 4.79 Å². The normalized spacial score (nSPS) is 13.2. The molecule has 0 aromatic carbocycles. The quantitative estimate of drug-likeness (QED) is 0.494. The molecule has 0 saturated carbocycles. The van der Waals surface area contributed by atoms with E-state index in [1.807, 2.05) is 6.92 Å². The zero-order valence-electron chi connectivity index (χ0n) is 9.48. The number of Topliss-reactive ketones (excluding diaryl/α,β-unsaturated/α-hetero) is 1. The fourth-order valence-corrected chi connectivity index (χ4v) is 1.78. The number of ketones is 1. The summed E-state index contributed by atoms with van der Waals surface area (Å²) in [5, 5.41) is 0. The fraction of sp³-hybridized carbons (Fsp3) is 0.800. The first-order chi connectivity index (χ1) is 5.81. The molecule has 0 N–H and O–H groups in total. The van der Waals surface area contributed by atoms with Crippen LogP contribution in [0.5, 0.6) is 0 Å². The van der Waals surface area contributed by atoms with Crippen molar-refractivity contribution >= 4 is 19.6 Å². The van der Waals surface area contributed by atoms with Gasteiger partial charge in [0.2, 0.25) is 0 Å². The largest absolute Gasteiger partial charge is 0.300 e. The Kier molecular flexibility index (Phi) is 5.14. The van der Waals surface area contributed by atoms with Gasteiger partial charge in [-0.3, -0.25) is 9.79 Å². The lowest BCUT2D eigenvalue weighted by Crippen LogP contribution is -2.20. The minimum absolute atomic E-state index is 0.203. The van der Waals surface area contributed by atoms with Crippen LogP contribution in [0, 0.1) is 0 Å². The highest BCUT2D eigenvalue weighted by atomic mass is 28.3. The molecule has 0 rings (SSSR count). The number of aliphatic imine (C=N–C) groups is 1. The molecule has 0 bridgehead atoms. The van der Waals surface area contributed by atoms with Crippen LogP contribution in [0.1, 0.15) is 20.3 Å². The van der Waals surface area contributed by atoms with E-state index >= 15 is 0 Å². The van der Waals surface area contributed by atoms with Crippen LogP contribution >= 0.6 is 0 Å². The number of hydrogen-bond donors (Lipinski definition) is 0. The lowest BCUT2D eigenvalue weighted by Gasteiger charge is -2.13. The van der Waals surface area contributed by atoms with Crippen molar-refractivity contribution in [3.63, 3.8) is 0 Å². The average molecular weight is 199 g/mol. The van der Waals surface area contributed by atoms with Gasteiger partial charge < -0.3 is 0 Å². The molecule has 3 heteroatoms. The molecule has 0 aliphatic rings. The first-order valence-corrected chi connectivity index (χ1v) is 8.51. The zero-order valence-corrected chi connectivity index (χ0v) is 10.5. The van der Waals surface area contributed by atoms with Crippen LogP contribution in [0.15, 0.2) is 4.99 Å². The molecule has 0 atom stereocenters. The highest BCUT2D eigenvalue weighted by molar-refractivity contribution is 6.76. The molecule has 76 valence electrons. The van der Waals surface area contributed by atoms with E-state index in [4.69, 9.17) is 0 Å². The molecule has 0 saturated heterocycles. The second-order valence-electron chi connectivity index (χ2n) is 4.81. The van der Waals surface area contributed by atoms with Crippen molar-refractivity contribution in [2.75, 3.05) is 6.54 Å². The summed E-state index contributed by atoms with van der Waals surface area (Å²) in [6.07, 6.45) is 0.520. The Morgan fingerprint density at radius 3 is 2.15 bits per heavy atom. The number of carbonyl (C=O) groups is 1. The molecular formula is C10H21NOSi. The lowest BCUT2D eigenvalue weighted by molar-refractivity contribution is -0.115. The van der Waals surface area contributed by atoms with Crippen LogP contribution in [0.2, 0.25) is 25.7 Å². The second-order valence-corrected chi connectivity index (χ2v) is 10.4. The van der Waals surface area contributed by atoms with Gasteiger partial charge in [0.1, 0.15) is 5.78 Å². The van der Waals surface area contributed by atoms with E-state index < -0.39 is 8.07 Å². The van der Waals surface area contributed by atoms with E-state index in [1.54, 1.807) is 6.92 Å². The molecule has 0 aliphatic carbocycles. The van der Waals surface area contributed by atoms with Crippen molar-refractivity contribution in [2.24, 2.45) is 4.99 Å². The van der Waals surface area contributed by atoms with Gasteiger partial charge in [0.25, 0.3) is 0 Å². The molecule has 0 aromatic rings. The summed E-state index contributed by atoms with van der Waals surface area (Å²) >= 11 is 0. The number of carbonyl (C=O) groups excluding carboxylic acids is 1. The Hall–Kier alpha value is -0.443. The molecule has 13 heavy (non-hydrogen) atoms. The molecule has 0 heterocycles. The third-order valence-corrected chi connectivity index (χ3v) is 3.47. The van der Waals surface area contributed by atoms with Crippen molar-refractivity contribution in [3.8, 4) is 0 Å². The van der Waals surface area contributed by atoms with Crippen molar-refractivity contribution in [2.45, 2.75) is 46.0 Å². The van der Waals surface area contributed by atoms with Crippen molar-refractivity contribution in [3.05, 3.63) is 0 Å². The standard InChI is InChI=1S/C10H21NOSi/c1-9(8-10(2)12)11-6-7-13(3,4)5/h6-8H2,1-5H3. The van der Waals surface area contributed by atoms with Crippen LogP contribution in [-0.4, -0.2) is 26.1 Å². The molecule has 0 aromatic heterocycles. The second kappa shape index (κ2) is 5.32. The van der Waals surface area contributed by atoms with Crippen molar-refractivity contribution in [1.82, 2.24) is 0 Å². The van der Waals surface area contributed by atoms with E-state index in [-0.39, 0.29) is 5.78 Å². The van der Waals surface area contributed by atoms with Gasteiger partial charge >= 0.3 is 0 Å². The highest BCUT2D eigenvalue weighted by Gasteiger charge is 2.11. The van der Waals surface area contributed by atoms with Crippen LogP contribution in [0.25, 0.3) is 0 Å². The smallest absolute Gasteiger partial charge is 0.135 e. The lowest BCUT2D eigenvalue weighted by atomic mass is 10.2. The molecule has 0 spiro atoms. The number of nitrogens with zero attached hydrogens (tertiary/aromatic N) is 1. The van der Waals surface area contributed by atoms with Crippen LogP contribution < -0.4 is 0 Å². The van der Waals surface area contributed by atoms with E-state index in [1.165, 1.54) is 6.04 Å².